The van der Waals surface area contributed by atoms with Gasteiger partial charge in [-0.05, 0) is 48.4 Å². The first-order chi connectivity index (χ1) is 15.8. The van der Waals surface area contributed by atoms with Gasteiger partial charge in [0.25, 0.3) is 5.91 Å². The third kappa shape index (κ3) is 5.50. The number of nitrogens with one attached hydrogen (secondary N) is 1. The number of carbonyl (C=O) groups is 1. The van der Waals surface area contributed by atoms with Crippen molar-refractivity contribution < 1.29 is 13.2 Å². The van der Waals surface area contributed by atoms with Crippen molar-refractivity contribution in [3.63, 3.8) is 0 Å². The molecule has 0 atom stereocenters. The Hall–Kier alpha value is -3.01. The van der Waals surface area contributed by atoms with Crippen molar-refractivity contribution in [1.82, 2.24) is 24.3 Å². The first kappa shape index (κ1) is 23.2. The van der Waals surface area contributed by atoms with E-state index in [1.54, 1.807) is 23.0 Å². The van der Waals surface area contributed by atoms with Crippen LogP contribution in [0.2, 0.25) is 0 Å². The van der Waals surface area contributed by atoms with Crippen LogP contribution >= 0.6 is 0 Å². The molecule has 4 rings (SSSR count). The SMILES string of the molecule is CN1CCN(S(=O)(=O)c2cc(C(=O)NCCc3cnn(C)c3)cc(-c3ccccc3)c2)CC1. The lowest BCUT2D eigenvalue weighted by Gasteiger charge is -2.31. The predicted octanol–water partition coefficient (Wildman–Crippen LogP) is 2.00. The number of rotatable bonds is 7. The smallest absolute Gasteiger partial charge is 0.251 e. The highest BCUT2D eigenvalue weighted by molar-refractivity contribution is 7.89. The van der Waals surface area contributed by atoms with Crippen molar-refractivity contribution in [2.45, 2.75) is 11.3 Å². The van der Waals surface area contributed by atoms with Gasteiger partial charge in [0.15, 0.2) is 0 Å². The van der Waals surface area contributed by atoms with E-state index in [9.17, 15) is 13.2 Å². The van der Waals surface area contributed by atoms with Gasteiger partial charge >= 0.3 is 0 Å². The Balaban J connectivity index is 1.61. The Morgan fingerprint density at radius 2 is 1.73 bits per heavy atom. The summed E-state index contributed by atoms with van der Waals surface area (Å²) < 4.78 is 30.1. The number of amides is 1. The van der Waals surface area contributed by atoms with Crippen LogP contribution in [0.3, 0.4) is 0 Å². The molecule has 0 bridgehead atoms. The fourth-order valence-corrected chi connectivity index (χ4v) is 5.37. The molecule has 1 fully saturated rings. The highest BCUT2D eigenvalue weighted by Crippen LogP contribution is 2.27. The number of nitrogens with zero attached hydrogens (tertiary/aromatic N) is 4. The zero-order valence-corrected chi connectivity index (χ0v) is 19.8. The molecule has 0 unspecified atom stereocenters. The normalized spacial score (nSPS) is 15.5. The van der Waals surface area contributed by atoms with Crippen LogP contribution in [0, 0.1) is 0 Å². The molecule has 1 aromatic heterocycles. The van der Waals surface area contributed by atoms with E-state index in [2.05, 4.69) is 15.3 Å². The van der Waals surface area contributed by atoms with Crippen LogP contribution in [0.1, 0.15) is 15.9 Å². The molecule has 0 spiro atoms. The first-order valence-electron chi connectivity index (χ1n) is 11.0. The monoisotopic (exact) mass is 467 g/mol. The zero-order chi connectivity index (χ0) is 23.4. The average Bonchev–Trinajstić information content (AvgIpc) is 3.24. The van der Waals surface area contributed by atoms with E-state index in [0.29, 0.717) is 50.3 Å². The number of aromatic nitrogens is 2. The molecule has 33 heavy (non-hydrogen) atoms. The first-order valence-corrected chi connectivity index (χ1v) is 12.4. The molecule has 1 aliphatic rings. The fourth-order valence-electron chi connectivity index (χ4n) is 3.88. The van der Waals surface area contributed by atoms with E-state index in [-0.39, 0.29) is 10.8 Å². The summed E-state index contributed by atoms with van der Waals surface area (Å²) >= 11 is 0. The summed E-state index contributed by atoms with van der Waals surface area (Å²) in [6.07, 6.45) is 4.32. The van der Waals surface area contributed by atoms with Crippen LogP contribution < -0.4 is 5.32 Å². The summed E-state index contributed by atoms with van der Waals surface area (Å²) in [6, 6.07) is 14.4. The predicted molar refractivity (Wildman–Crippen MR) is 127 cm³/mol. The van der Waals surface area contributed by atoms with E-state index >= 15 is 0 Å². The number of hydrogen-bond acceptors (Lipinski definition) is 5. The van der Waals surface area contributed by atoms with E-state index < -0.39 is 10.0 Å². The van der Waals surface area contributed by atoms with Crippen LogP contribution in [-0.2, 0) is 23.5 Å². The molecule has 2 aromatic carbocycles. The second kappa shape index (κ2) is 9.86. The van der Waals surface area contributed by atoms with Crippen LogP contribution in [0.25, 0.3) is 11.1 Å². The van der Waals surface area contributed by atoms with E-state index in [4.69, 9.17) is 0 Å². The number of benzene rings is 2. The van der Waals surface area contributed by atoms with Gasteiger partial charge in [-0.3, -0.25) is 9.48 Å². The van der Waals surface area contributed by atoms with E-state index in [1.165, 1.54) is 10.4 Å². The molecule has 174 valence electrons. The number of carbonyl (C=O) groups excluding carboxylic acids is 1. The minimum absolute atomic E-state index is 0.144. The lowest BCUT2D eigenvalue weighted by atomic mass is 10.0. The molecule has 9 heteroatoms. The van der Waals surface area contributed by atoms with Gasteiger partial charge in [0, 0.05) is 51.5 Å². The molecule has 1 saturated heterocycles. The largest absolute Gasteiger partial charge is 0.352 e. The van der Waals surface area contributed by atoms with Gasteiger partial charge in [-0.15, -0.1) is 0 Å². The Morgan fingerprint density at radius 3 is 2.39 bits per heavy atom. The molecule has 1 amide bonds. The summed E-state index contributed by atoms with van der Waals surface area (Å²) in [4.78, 5) is 15.2. The summed E-state index contributed by atoms with van der Waals surface area (Å²) in [5.74, 6) is -0.300. The molecular weight excluding hydrogens is 438 g/mol. The van der Waals surface area contributed by atoms with Crippen molar-refractivity contribution >= 4 is 15.9 Å². The topological polar surface area (TPSA) is 87.5 Å². The standard InChI is InChI=1S/C24H29N5O3S/c1-27-10-12-29(13-11-27)33(31,32)23-15-21(20-6-4-3-5-7-20)14-22(16-23)24(30)25-9-8-19-17-26-28(2)18-19/h3-7,14-18H,8-13H2,1-2H3,(H,25,30). The maximum Gasteiger partial charge on any atom is 0.251 e. The quantitative estimate of drug-likeness (QED) is 0.574. The molecule has 1 aliphatic heterocycles. The van der Waals surface area contributed by atoms with Crippen molar-refractivity contribution in [1.29, 1.82) is 0 Å². The third-order valence-corrected chi connectivity index (χ3v) is 7.71. The van der Waals surface area contributed by atoms with Gasteiger partial charge in [0.05, 0.1) is 11.1 Å². The molecule has 0 radical (unpaired) electrons. The van der Waals surface area contributed by atoms with Gasteiger partial charge in [0.2, 0.25) is 10.0 Å². The summed E-state index contributed by atoms with van der Waals surface area (Å²) in [5.41, 5.74) is 2.91. The lowest BCUT2D eigenvalue weighted by Crippen LogP contribution is -2.47. The third-order valence-electron chi connectivity index (χ3n) is 5.83. The van der Waals surface area contributed by atoms with Crippen molar-refractivity contribution in [2.24, 2.45) is 7.05 Å². The summed E-state index contributed by atoms with van der Waals surface area (Å²) in [6.45, 7) is 2.65. The van der Waals surface area contributed by atoms with Gasteiger partial charge in [-0.1, -0.05) is 30.3 Å². The molecule has 2 heterocycles. The van der Waals surface area contributed by atoms with Gasteiger partial charge in [-0.25, -0.2) is 8.42 Å². The van der Waals surface area contributed by atoms with Crippen LogP contribution in [-0.4, -0.2) is 73.1 Å². The zero-order valence-electron chi connectivity index (χ0n) is 18.9. The Labute approximate surface area is 194 Å². The molecular formula is C24H29N5O3S. The molecule has 0 saturated carbocycles. The molecule has 1 N–H and O–H groups in total. The Bertz CT molecular complexity index is 1220. The maximum absolute atomic E-state index is 13.4. The highest BCUT2D eigenvalue weighted by atomic mass is 32.2. The van der Waals surface area contributed by atoms with Gasteiger partial charge in [-0.2, -0.15) is 9.40 Å². The minimum atomic E-state index is -3.72. The number of sulfonamides is 1. The number of likely N-dealkylation sites (N-methyl/N-ethyl adjacent to an activating group) is 1. The van der Waals surface area contributed by atoms with Crippen LogP contribution in [0.5, 0.6) is 0 Å². The lowest BCUT2D eigenvalue weighted by molar-refractivity contribution is 0.0954. The minimum Gasteiger partial charge on any atom is -0.352 e. The van der Waals surface area contributed by atoms with Crippen LogP contribution in [0.15, 0.2) is 65.8 Å². The average molecular weight is 468 g/mol. The second-order valence-electron chi connectivity index (χ2n) is 8.35. The Morgan fingerprint density at radius 1 is 1.00 bits per heavy atom. The van der Waals surface area contributed by atoms with Crippen molar-refractivity contribution in [3.05, 3.63) is 72.1 Å². The maximum atomic E-state index is 13.4. The number of piperazine rings is 1. The molecule has 8 nitrogen and oxygen atoms in total. The van der Waals surface area contributed by atoms with Crippen molar-refractivity contribution in [3.8, 4) is 11.1 Å². The van der Waals surface area contributed by atoms with E-state index in [1.807, 2.05) is 50.6 Å². The van der Waals surface area contributed by atoms with Gasteiger partial charge < -0.3 is 10.2 Å². The fraction of sp³-hybridized carbons (Fsp3) is 0.333. The molecule has 3 aromatic rings. The summed E-state index contributed by atoms with van der Waals surface area (Å²) in [5, 5.41) is 7.04. The number of hydrogen-bond donors (Lipinski definition) is 1. The van der Waals surface area contributed by atoms with Crippen LogP contribution in [0.4, 0.5) is 0 Å². The highest BCUT2D eigenvalue weighted by Gasteiger charge is 2.28. The van der Waals surface area contributed by atoms with E-state index in [0.717, 1.165) is 11.1 Å². The number of aryl methyl sites for hydroxylation is 1. The Kier molecular flexibility index (Phi) is 6.92. The molecule has 0 aliphatic carbocycles. The van der Waals surface area contributed by atoms with Gasteiger partial charge in [0.1, 0.15) is 0 Å². The second-order valence-corrected chi connectivity index (χ2v) is 10.3. The summed E-state index contributed by atoms with van der Waals surface area (Å²) in [7, 11) is 0.110. The van der Waals surface area contributed by atoms with Crippen molar-refractivity contribution in [2.75, 3.05) is 39.8 Å².